The fourth-order valence-electron chi connectivity index (χ4n) is 3.02. The normalized spacial score (nSPS) is 10.9. The van der Waals surface area contributed by atoms with Gasteiger partial charge in [-0.05, 0) is 56.2 Å². The number of amides is 1. The highest BCUT2D eigenvalue weighted by Crippen LogP contribution is 2.28. The zero-order chi connectivity index (χ0) is 18.5. The van der Waals surface area contributed by atoms with Crippen molar-refractivity contribution in [1.29, 1.82) is 0 Å². The highest BCUT2D eigenvalue weighted by Gasteiger charge is 2.08. The highest BCUT2D eigenvalue weighted by molar-refractivity contribution is 7.99. The quantitative estimate of drug-likeness (QED) is 0.452. The predicted molar refractivity (Wildman–Crippen MR) is 111 cm³/mol. The molecule has 0 aliphatic heterocycles. The first-order chi connectivity index (χ1) is 12.5. The third-order valence-corrected chi connectivity index (χ3v) is 5.50. The van der Waals surface area contributed by atoms with Crippen molar-refractivity contribution in [3.8, 4) is 0 Å². The molecule has 1 heterocycles. The Kier molecular flexibility index (Phi) is 5.94. The summed E-state index contributed by atoms with van der Waals surface area (Å²) in [4.78, 5) is 18.1. The molecular weight excluding hydrogens is 340 g/mol. The molecule has 0 spiro atoms. The highest BCUT2D eigenvalue weighted by atomic mass is 32.2. The molecule has 0 saturated heterocycles. The van der Waals surface area contributed by atoms with Gasteiger partial charge in [0.1, 0.15) is 0 Å². The summed E-state index contributed by atoms with van der Waals surface area (Å²) in [5.41, 5.74) is 5.21. The number of aryl methyl sites for hydroxylation is 3. The fourth-order valence-corrected chi connectivity index (χ4v) is 4.11. The number of aromatic nitrogens is 1. The number of anilines is 1. The molecule has 0 atom stereocenters. The van der Waals surface area contributed by atoms with E-state index < -0.39 is 0 Å². The zero-order valence-corrected chi connectivity index (χ0v) is 16.3. The summed E-state index contributed by atoms with van der Waals surface area (Å²) in [5, 5.41) is 4.24. The van der Waals surface area contributed by atoms with Gasteiger partial charge in [0, 0.05) is 28.1 Å². The van der Waals surface area contributed by atoms with Gasteiger partial charge < -0.3 is 5.32 Å². The van der Waals surface area contributed by atoms with Crippen molar-refractivity contribution in [2.75, 3.05) is 11.1 Å². The van der Waals surface area contributed by atoms with E-state index in [9.17, 15) is 4.79 Å². The summed E-state index contributed by atoms with van der Waals surface area (Å²) in [5.74, 6) is 0.993. The molecule has 2 aromatic carbocycles. The van der Waals surface area contributed by atoms with Gasteiger partial charge in [-0.15, -0.1) is 11.8 Å². The lowest BCUT2D eigenvalue weighted by atomic mass is 10.1. The Bertz CT molecular complexity index is 916. The molecular formula is C22H24N2OS. The SMILES string of the molecule is Cc1cc(SCCCC(=O)Nc2c(C)cccc2C)c2ccccc2n1. The van der Waals surface area contributed by atoms with Gasteiger partial charge in [-0.1, -0.05) is 36.4 Å². The van der Waals surface area contributed by atoms with Crippen LogP contribution in [0.5, 0.6) is 0 Å². The number of carbonyl (C=O) groups is 1. The van der Waals surface area contributed by atoms with Gasteiger partial charge in [-0.3, -0.25) is 9.78 Å². The van der Waals surface area contributed by atoms with Crippen molar-refractivity contribution in [2.45, 2.75) is 38.5 Å². The van der Waals surface area contributed by atoms with Crippen LogP contribution in [0.1, 0.15) is 29.7 Å². The van der Waals surface area contributed by atoms with Crippen LogP contribution in [0.15, 0.2) is 53.4 Å². The second-order valence-corrected chi connectivity index (χ2v) is 7.68. The molecule has 1 aromatic heterocycles. The standard InChI is InChI=1S/C22H24N2OS/c1-15-8-6-9-16(2)22(15)24-21(25)12-7-13-26-20-14-17(3)23-19-11-5-4-10-18(19)20/h4-6,8-11,14H,7,12-13H2,1-3H3,(H,24,25). The summed E-state index contributed by atoms with van der Waals surface area (Å²) >= 11 is 1.80. The van der Waals surface area contributed by atoms with Crippen molar-refractivity contribution in [2.24, 2.45) is 0 Å². The number of para-hydroxylation sites is 2. The number of rotatable bonds is 6. The molecule has 26 heavy (non-hydrogen) atoms. The van der Waals surface area contributed by atoms with Crippen LogP contribution < -0.4 is 5.32 Å². The number of benzene rings is 2. The molecule has 3 nitrogen and oxygen atoms in total. The van der Waals surface area contributed by atoms with E-state index in [0.29, 0.717) is 6.42 Å². The Morgan fingerprint density at radius 3 is 2.54 bits per heavy atom. The van der Waals surface area contributed by atoms with Crippen LogP contribution in [0, 0.1) is 20.8 Å². The Labute approximate surface area is 159 Å². The molecule has 0 fully saturated rings. The van der Waals surface area contributed by atoms with Gasteiger partial charge >= 0.3 is 0 Å². The minimum atomic E-state index is 0.0822. The van der Waals surface area contributed by atoms with Crippen molar-refractivity contribution < 1.29 is 4.79 Å². The largest absolute Gasteiger partial charge is 0.326 e. The minimum Gasteiger partial charge on any atom is -0.326 e. The number of hydrogen-bond acceptors (Lipinski definition) is 3. The number of pyridine rings is 1. The van der Waals surface area contributed by atoms with E-state index in [4.69, 9.17) is 0 Å². The maximum Gasteiger partial charge on any atom is 0.224 e. The Morgan fingerprint density at radius 1 is 1.04 bits per heavy atom. The van der Waals surface area contributed by atoms with Gasteiger partial charge in [-0.25, -0.2) is 0 Å². The lowest BCUT2D eigenvalue weighted by molar-refractivity contribution is -0.116. The van der Waals surface area contributed by atoms with Gasteiger partial charge in [0.25, 0.3) is 0 Å². The molecule has 0 radical (unpaired) electrons. The number of hydrogen-bond donors (Lipinski definition) is 1. The van der Waals surface area contributed by atoms with Crippen LogP contribution in [0.2, 0.25) is 0 Å². The van der Waals surface area contributed by atoms with Crippen LogP contribution in [-0.2, 0) is 4.79 Å². The van der Waals surface area contributed by atoms with Crippen molar-refractivity contribution in [3.63, 3.8) is 0 Å². The van der Waals surface area contributed by atoms with Crippen LogP contribution in [0.3, 0.4) is 0 Å². The van der Waals surface area contributed by atoms with Gasteiger partial charge in [-0.2, -0.15) is 0 Å². The summed E-state index contributed by atoms with van der Waals surface area (Å²) < 4.78 is 0. The van der Waals surface area contributed by atoms with Gasteiger partial charge in [0.15, 0.2) is 0 Å². The molecule has 0 unspecified atom stereocenters. The van der Waals surface area contributed by atoms with E-state index in [2.05, 4.69) is 22.4 Å². The average Bonchev–Trinajstić information content (AvgIpc) is 2.61. The third kappa shape index (κ3) is 4.44. The van der Waals surface area contributed by atoms with E-state index in [1.165, 1.54) is 10.3 Å². The zero-order valence-electron chi connectivity index (χ0n) is 15.5. The Balaban J connectivity index is 1.55. The van der Waals surface area contributed by atoms with Gasteiger partial charge in [0.05, 0.1) is 5.52 Å². The molecule has 0 aliphatic carbocycles. The first-order valence-corrected chi connectivity index (χ1v) is 9.88. The fraction of sp³-hybridized carbons (Fsp3) is 0.273. The topological polar surface area (TPSA) is 42.0 Å². The first-order valence-electron chi connectivity index (χ1n) is 8.90. The van der Waals surface area contributed by atoms with Gasteiger partial charge in [0.2, 0.25) is 5.91 Å². The number of nitrogens with zero attached hydrogens (tertiary/aromatic N) is 1. The third-order valence-electron chi connectivity index (χ3n) is 4.36. The lowest BCUT2D eigenvalue weighted by Crippen LogP contribution is -2.13. The molecule has 0 bridgehead atoms. The smallest absolute Gasteiger partial charge is 0.224 e. The van der Waals surface area contributed by atoms with Crippen LogP contribution in [-0.4, -0.2) is 16.6 Å². The average molecular weight is 365 g/mol. The molecule has 0 saturated carbocycles. The number of nitrogens with one attached hydrogen (secondary N) is 1. The second kappa shape index (κ2) is 8.37. The van der Waals surface area contributed by atoms with Crippen LogP contribution >= 0.6 is 11.8 Å². The number of carbonyl (C=O) groups excluding carboxylic acids is 1. The second-order valence-electron chi connectivity index (χ2n) is 6.55. The van der Waals surface area contributed by atoms with E-state index in [0.717, 1.165) is 40.2 Å². The Hall–Kier alpha value is -2.33. The molecule has 134 valence electrons. The molecule has 3 rings (SSSR count). The summed E-state index contributed by atoms with van der Waals surface area (Å²) in [6, 6.07) is 16.4. The summed E-state index contributed by atoms with van der Waals surface area (Å²) in [6.07, 6.45) is 1.37. The van der Waals surface area contributed by atoms with Crippen LogP contribution in [0.4, 0.5) is 5.69 Å². The number of fused-ring (bicyclic) bond motifs is 1. The Morgan fingerprint density at radius 2 is 1.77 bits per heavy atom. The van der Waals surface area contributed by atoms with Crippen LogP contribution in [0.25, 0.3) is 10.9 Å². The van der Waals surface area contributed by atoms with E-state index in [1.807, 2.05) is 57.2 Å². The molecule has 1 amide bonds. The van der Waals surface area contributed by atoms with E-state index >= 15 is 0 Å². The predicted octanol–water partition coefficient (Wildman–Crippen LogP) is 5.67. The first kappa shape index (κ1) is 18.5. The maximum absolute atomic E-state index is 12.3. The van der Waals surface area contributed by atoms with Crippen molar-refractivity contribution in [1.82, 2.24) is 4.98 Å². The molecule has 1 N–H and O–H groups in total. The van der Waals surface area contributed by atoms with Crippen molar-refractivity contribution >= 4 is 34.3 Å². The molecule has 0 aliphatic rings. The minimum absolute atomic E-state index is 0.0822. The van der Waals surface area contributed by atoms with Crippen molar-refractivity contribution in [3.05, 3.63) is 65.4 Å². The lowest BCUT2D eigenvalue weighted by Gasteiger charge is -2.11. The maximum atomic E-state index is 12.3. The summed E-state index contributed by atoms with van der Waals surface area (Å²) in [7, 11) is 0. The number of thioether (sulfide) groups is 1. The van der Waals surface area contributed by atoms with E-state index in [1.54, 1.807) is 11.8 Å². The monoisotopic (exact) mass is 364 g/mol. The van der Waals surface area contributed by atoms with E-state index in [-0.39, 0.29) is 5.91 Å². The summed E-state index contributed by atoms with van der Waals surface area (Å²) in [6.45, 7) is 6.07. The molecule has 4 heteroatoms. The molecule has 3 aromatic rings.